The quantitative estimate of drug-likeness (QED) is 0.678. The third-order valence-corrected chi connectivity index (χ3v) is 5.08. The molecule has 2 N–H and O–H groups in total. The summed E-state index contributed by atoms with van der Waals surface area (Å²) in [5, 5.41) is 20.5. The van der Waals surface area contributed by atoms with Crippen LogP contribution in [0.3, 0.4) is 0 Å². The minimum atomic E-state index is -0.327. The van der Waals surface area contributed by atoms with E-state index >= 15 is 0 Å². The second-order valence-electron chi connectivity index (χ2n) is 6.88. The Labute approximate surface area is 162 Å². The molecular weight excluding hydrogens is 358 g/mol. The first-order chi connectivity index (χ1) is 13.7. The molecule has 8 heteroatoms. The average Bonchev–Trinajstić information content (AvgIpc) is 3.24. The number of carbonyl (C=O) groups excluding carboxylic acids is 1. The van der Waals surface area contributed by atoms with E-state index in [9.17, 15) is 9.90 Å². The van der Waals surface area contributed by atoms with Gasteiger partial charge in [0.25, 0.3) is 5.91 Å². The van der Waals surface area contributed by atoms with E-state index in [4.69, 9.17) is 4.74 Å². The number of hydrogen-bond acceptors (Lipinski definition) is 6. The highest BCUT2D eigenvalue weighted by molar-refractivity contribution is 5.98. The van der Waals surface area contributed by atoms with Crippen molar-refractivity contribution in [3.63, 3.8) is 0 Å². The third kappa shape index (κ3) is 3.59. The predicted molar refractivity (Wildman–Crippen MR) is 101 cm³/mol. The lowest BCUT2D eigenvalue weighted by molar-refractivity contribution is 0.0234. The highest BCUT2D eigenvalue weighted by Gasteiger charge is 2.36. The Morgan fingerprint density at radius 1 is 1.25 bits per heavy atom. The summed E-state index contributed by atoms with van der Waals surface area (Å²) >= 11 is 0. The van der Waals surface area contributed by atoms with Gasteiger partial charge < -0.3 is 15.2 Å². The van der Waals surface area contributed by atoms with E-state index in [1.54, 1.807) is 42.8 Å². The van der Waals surface area contributed by atoms with Crippen LogP contribution in [0.1, 0.15) is 34.8 Å². The molecule has 0 radical (unpaired) electrons. The van der Waals surface area contributed by atoms with Crippen LogP contribution in [0.25, 0.3) is 5.69 Å². The summed E-state index contributed by atoms with van der Waals surface area (Å²) in [6, 6.07) is 8.88. The van der Waals surface area contributed by atoms with Crippen LogP contribution in [0.5, 0.6) is 5.75 Å². The first kappa shape index (κ1) is 18.1. The summed E-state index contributed by atoms with van der Waals surface area (Å²) in [6.45, 7) is 0. The van der Waals surface area contributed by atoms with E-state index in [1.165, 1.54) is 0 Å². The first-order valence-electron chi connectivity index (χ1n) is 9.07. The molecule has 0 bridgehead atoms. The molecule has 2 aromatic heterocycles. The maximum atomic E-state index is 13.1. The molecule has 1 saturated carbocycles. The number of pyridine rings is 1. The van der Waals surface area contributed by atoms with Crippen molar-refractivity contribution in [2.24, 2.45) is 5.92 Å². The number of amides is 1. The Bertz CT molecular complexity index is 954. The lowest BCUT2D eigenvalue weighted by Crippen LogP contribution is -2.41. The van der Waals surface area contributed by atoms with Crippen molar-refractivity contribution in [1.29, 1.82) is 0 Å². The molecule has 1 atom stereocenters. The van der Waals surface area contributed by atoms with Crippen LogP contribution in [0, 0.1) is 5.92 Å². The zero-order chi connectivity index (χ0) is 19.5. The Morgan fingerprint density at radius 3 is 2.71 bits per heavy atom. The van der Waals surface area contributed by atoms with Crippen LogP contribution < -0.4 is 10.1 Å². The van der Waals surface area contributed by atoms with Gasteiger partial charge in [0.15, 0.2) is 0 Å². The maximum absolute atomic E-state index is 13.1. The molecule has 2 heterocycles. The molecule has 0 saturated heterocycles. The van der Waals surface area contributed by atoms with Gasteiger partial charge in [-0.05, 0) is 42.5 Å². The largest absolute Gasteiger partial charge is 0.495 e. The zero-order valence-electron chi connectivity index (χ0n) is 15.4. The number of hydrogen-bond donors (Lipinski definition) is 2. The summed E-state index contributed by atoms with van der Waals surface area (Å²) in [7, 11) is 1.58. The molecule has 0 spiro atoms. The minimum Gasteiger partial charge on any atom is -0.495 e. The fourth-order valence-electron chi connectivity index (χ4n) is 3.53. The number of rotatable bonds is 6. The van der Waals surface area contributed by atoms with Gasteiger partial charge in [0, 0.05) is 6.20 Å². The molecule has 1 aromatic carbocycles. The second-order valence-corrected chi connectivity index (χ2v) is 6.88. The highest BCUT2D eigenvalue weighted by Crippen LogP contribution is 2.38. The van der Waals surface area contributed by atoms with E-state index in [2.05, 4.69) is 20.5 Å². The first-order valence-corrected chi connectivity index (χ1v) is 9.07. The molecule has 28 heavy (non-hydrogen) atoms. The standard InChI is InChI=1S/C20H21N5O3/c1-28-16-8-14(9-21-10-16)19(13-6-15(26)7-13)24-20(27)17-4-2-3-5-18(17)25-11-22-23-12-25/h2-5,8-13,15,19,26H,6-7H2,1H3,(H,24,27)/t13?,15?,19-/m1/s1. The topological polar surface area (TPSA) is 102 Å². The lowest BCUT2D eigenvalue weighted by atomic mass is 9.75. The van der Waals surface area contributed by atoms with Gasteiger partial charge in [0.1, 0.15) is 18.4 Å². The van der Waals surface area contributed by atoms with Crippen LogP contribution >= 0.6 is 0 Å². The third-order valence-electron chi connectivity index (χ3n) is 5.08. The Balaban J connectivity index is 1.63. The molecule has 3 aromatic rings. The van der Waals surface area contributed by atoms with Gasteiger partial charge in [0.05, 0.1) is 36.7 Å². The number of ether oxygens (including phenoxy) is 1. The van der Waals surface area contributed by atoms with Gasteiger partial charge >= 0.3 is 0 Å². The summed E-state index contributed by atoms with van der Waals surface area (Å²) in [6.07, 6.45) is 7.40. The smallest absolute Gasteiger partial charge is 0.253 e. The van der Waals surface area contributed by atoms with Crippen molar-refractivity contribution in [2.75, 3.05) is 7.11 Å². The molecule has 1 fully saturated rings. The number of nitrogens with zero attached hydrogens (tertiary/aromatic N) is 4. The van der Waals surface area contributed by atoms with Gasteiger partial charge in [-0.15, -0.1) is 10.2 Å². The summed E-state index contributed by atoms with van der Waals surface area (Å²) in [5.74, 6) is 0.551. The van der Waals surface area contributed by atoms with Crippen LogP contribution in [-0.4, -0.2) is 44.0 Å². The second kappa shape index (κ2) is 7.77. The van der Waals surface area contributed by atoms with E-state index in [0.717, 1.165) is 5.56 Å². The maximum Gasteiger partial charge on any atom is 0.253 e. The molecule has 4 rings (SSSR count). The van der Waals surface area contributed by atoms with E-state index in [-0.39, 0.29) is 24.0 Å². The number of aliphatic hydroxyl groups is 1. The van der Waals surface area contributed by atoms with Gasteiger partial charge in [-0.1, -0.05) is 12.1 Å². The van der Waals surface area contributed by atoms with Crippen molar-refractivity contribution in [1.82, 2.24) is 25.1 Å². The number of benzene rings is 1. The Kier molecular flexibility index (Phi) is 5.03. The van der Waals surface area contributed by atoms with Gasteiger partial charge in [-0.2, -0.15) is 0 Å². The normalized spacial score (nSPS) is 19.5. The van der Waals surface area contributed by atoms with Crippen molar-refractivity contribution >= 4 is 5.91 Å². The molecular formula is C20H21N5O3. The van der Waals surface area contributed by atoms with Gasteiger partial charge in [-0.3, -0.25) is 14.3 Å². The predicted octanol–water partition coefficient (Wildman–Crippen LogP) is 1.91. The van der Waals surface area contributed by atoms with Crippen molar-refractivity contribution in [2.45, 2.75) is 25.0 Å². The van der Waals surface area contributed by atoms with Crippen LogP contribution in [0.4, 0.5) is 0 Å². The van der Waals surface area contributed by atoms with Gasteiger partial charge in [-0.25, -0.2) is 0 Å². The number of aliphatic hydroxyl groups excluding tert-OH is 1. The van der Waals surface area contributed by atoms with E-state index in [0.29, 0.717) is 29.8 Å². The highest BCUT2D eigenvalue weighted by atomic mass is 16.5. The summed E-state index contributed by atoms with van der Waals surface area (Å²) < 4.78 is 6.97. The lowest BCUT2D eigenvalue weighted by Gasteiger charge is -2.38. The fraction of sp³-hybridized carbons (Fsp3) is 0.300. The molecule has 8 nitrogen and oxygen atoms in total. The molecule has 1 aliphatic rings. The molecule has 0 unspecified atom stereocenters. The van der Waals surface area contributed by atoms with Crippen LogP contribution in [0.2, 0.25) is 0 Å². The molecule has 1 aliphatic carbocycles. The SMILES string of the molecule is COc1cncc([C@H](NC(=O)c2ccccc2-n2cnnc2)C2CC(O)C2)c1. The number of aromatic nitrogens is 4. The van der Waals surface area contributed by atoms with Crippen molar-refractivity contribution in [3.05, 3.63) is 66.5 Å². The number of methoxy groups -OCH3 is 1. The van der Waals surface area contributed by atoms with Crippen molar-refractivity contribution in [3.8, 4) is 11.4 Å². The average molecular weight is 379 g/mol. The van der Waals surface area contributed by atoms with Gasteiger partial charge in [0.2, 0.25) is 0 Å². The summed E-state index contributed by atoms with van der Waals surface area (Å²) in [4.78, 5) is 17.4. The number of para-hydroxylation sites is 1. The molecule has 1 amide bonds. The van der Waals surface area contributed by atoms with E-state index < -0.39 is 0 Å². The zero-order valence-corrected chi connectivity index (χ0v) is 15.4. The van der Waals surface area contributed by atoms with E-state index in [1.807, 2.05) is 24.3 Å². The summed E-state index contributed by atoms with van der Waals surface area (Å²) in [5.41, 5.74) is 2.07. The number of nitrogens with one attached hydrogen (secondary N) is 1. The van der Waals surface area contributed by atoms with Crippen LogP contribution in [-0.2, 0) is 0 Å². The Hall–Kier alpha value is -3.26. The van der Waals surface area contributed by atoms with Crippen molar-refractivity contribution < 1.29 is 14.6 Å². The molecule has 0 aliphatic heterocycles. The monoisotopic (exact) mass is 379 g/mol. The molecule has 144 valence electrons. The number of carbonyl (C=O) groups is 1. The minimum absolute atomic E-state index is 0.134. The Morgan fingerprint density at radius 2 is 2.00 bits per heavy atom. The fourth-order valence-corrected chi connectivity index (χ4v) is 3.53. The van der Waals surface area contributed by atoms with Crippen LogP contribution in [0.15, 0.2) is 55.4 Å².